The van der Waals surface area contributed by atoms with Crippen molar-refractivity contribution in [3.63, 3.8) is 0 Å². The van der Waals surface area contributed by atoms with Gasteiger partial charge in [0.05, 0.1) is 6.04 Å². The van der Waals surface area contributed by atoms with Crippen LogP contribution < -0.4 is 14.8 Å². The first-order valence-corrected chi connectivity index (χ1v) is 9.80. The minimum Gasteiger partial charge on any atom is -0.486 e. The van der Waals surface area contributed by atoms with Crippen molar-refractivity contribution in [3.8, 4) is 11.5 Å². The second-order valence-corrected chi connectivity index (χ2v) is 7.13. The number of hydrogen-bond acceptors (Lipinski definition) is 3. The molecule has 0 aliphatic carbocycles. The number of carbonyl (C=O) groups is 1. The first-order valence-electron chi connectivity index (χ1n) is 9.80. The molecule has 1 unspecified atom stereocenters. The summed E-state index contributed by atoms with van der Waals surface area (Å²) >= 11 is 0. The Kier molecular flexibility index (Phi) is 5.19. The van der Waals surface area contributed by atoms with E-state index in [0.29, 0.717) is 13.2 Å². The van der Waals surface area contributed by atoms with Crippen LogP contribution in [0.15, 0.2) is 42.5 Å². The summed E-state index contributed by atoms with van der Waals surface area (Å²) in [6, 6.07) is 14.2. The fourth-order valence-corrected chi connectivity index (χ4v) is 3.86. The number of benzene rings is 2. The van der Waals surface area contributed by atoms with Crippen LogP contribution in [0.3, 0.4) is 0 Å². The summed E-state index contributed by atoms with van der Waals surface area (Å²) in [7, 11) is 0. The lowest BCUT2D eigenvalue weighted by molar-refractivity contribution is 0.170. The normalized spacial score (nSPS) is 18.4. The minimum atomic E-state index is -0.0457. The van der Waals surface area contributed by atoms with Crippen molar-refractivity contribution in [2.75, 3.05) is 25.1 Å². The molecule has 0 aromatic heterocycles. The van der Waals surface area contributed by atoms with E-state index in [4.69, 9.17) is 9.47 Å². The Morgan fingerprint density at radius 1 is 1.11 bits per heavy atom. The van der Waals surface area contributed by atoms with Gasteiger partial charge in [0.1, 0.15) is 13.2 Å². The highest BCUT2D eigenvalue weighted by molar-refractivity contribution is 5.89. The van der Waals surface area contributed by atoms with E-state index in [9.17, 15) is 4.79 Å². The van der Waals surface area contributed by atoms with Crippen molar-refractivity contribution < 1.29 is 14.3 Å². The van der Waals surface area contributed by atoms with Crippen molar-refractivity contribution in [2.45, 2.75) is 38.6 Å². The Labute approximate surface area is 160 Å². The maximum atomic E-state index is 12.9. The maximum absolute atomic E-state index is 12.9. The molecule has 2 heterocycles. The summed E-state index contributed by atoms with van der Waals surface area (Å²) in [5.74, 6) is 1.56. The van der Waals surface area contributed by atoms with Gasteiger partial charge >= 0.3 is 6.03 Å². The molecule has 2 aliphatic rings. The molecule has 2 aliphatic heterocycles. The van der Waals surface area contributed by atoms with Crippen LogP contribution in [-0.2, 0) is 6.42 Å². The molecule has 2 aromatic rings. The molecule has 0 radical (unpaired) electrons. The number of amides is 2. The zero-order valence-electron chi connectivity index (χ0n) is 15.7. The number of fused-ring (bicyclic) bond motifs is 1. The van der Waals surface area contributed by atoms with Gasteiger partial charge in [-0.15, -0.1) is 0 Å². The van der Waals surface area contributed by atoms with Gasteiger partial charge < -0.3 is 19.7 Å². The van der Waals surface area contributed by atoms with Crippen molar-refractivity contribution >= 4 is 11.7 Å². The predicted molar refractivity (Wildman–Crippen MR) is 106 cm³/mol. The molecular weight excluding hydrogens is 340 g/mol. The van der Waals surface area contributed by atoms with Crippen molar-refractivity contribution in [3.05, 3.63) is 53.6 Å². The number of aryl methyl sites for hydroxylation is 1. The fourth-order valence-electron chi connectivity index (χ4n) is 3.86. The van der Waals surface area contributed by atoms with E-state index in [1.165, 1.54) is 5.56 Å². The number of likely N-dealkylation sites (tertiary alicyclic amines) is 1. The Morgan fingerprint density at radius 3 is 2.67 bits per heavy atom. The number of anilines is 1. The second kappa shape index (κ2) is 7.91. The van der Waals surface area contributed by atoms with Gasteiger partial charge in [-0.2, -0.15) is 0 Å². The van der Waals surface area contributed by atoms with Gasteiger partial charge in [-0.05, 0) is 54.7 Å². The number of ether oxygens (including phenoxy) is 2. The fraction of sp³-hybridized carbons (Fsp3) is 0.409. The summed E-state index contributed by atoms with van der Waals surface area (Å²) in [6.45, 7) is 4.08. The summed E-state index contributed by atoms with van der Waals surface area (Å²) in [5, 5.41) is 3.05. The third-order valence-corrected chi connectivity index (χ3v) is 5.21. The lowest BCUT2D eigenvalue weighted by atomic mass is 10.0. The third kappa shape index (κ3) is 3.87. The van der Waals surface area contributed by atoms with Crippen molar-refractivity contribution in [1.82, 2.24) is 4.90 Å². The summed E-state index contributed by atoms with van der Waals surface area (Å²) in [4.78, 5) is 14.8. The van der Waals surface area contributed by atoms with E-state index in [-0.39, 0.29) is 12.1 Å². The molecule has 4 rings (SSSR count). The first kappa shape index (κ1) is 17.7. The van der Waals surface area contributed by atoms with Gasteiger partial charge in [-0.3, -0.25) is 0 Å². The van der Waals surface area contributed by atoms with Crippen LogP contribution in [0.5, 0.6) is 11.5 Å². The third-order valence-electron chi connectivity index (χ3n) is 5.21. The standard InChI is InChI=1S/C22H26N2O3/c1-2-4-16-6-9-18(10-7-16)23-22(25)24-12-3-5-19(24)17-8-11-20-21(15-17)27-14-13-26-20/h6-11,15,19H,2-5,12-14H2,1H3,(H,23,25). The molecule has 1 N–H and O–H groups in total. The number of urea groups is 1. The average molecular weight is 366 g/mol. The van der Waals surface area contributed by atoms with Gasteiger partial charge in [0.15, 0.2) is 11.5 Å². The van der Waals surface area contributed by atoms with Crippen molar-refractivity contribution in [2.24, 2.45) is 0 Å². The number of hydrogen-bond donors (Lipinski definition) is 1. The summed E-state index contributed by atoms with van der Waals surface area (Å²) in [6.07, 6.45) is 4.15. The van der Waals surface area contributed by atoms with Crippen molar-refractivity contribution in [1.29, 1.82) is 0 Å². The van der Waals surface area contributed by atoms with E-state index in [1.54, 1.807) is 0 Å². The molecule has 5 heteroatoms. The van der Waals surface area contributed by atoms with E-state index in [2.05, 4.69) is 24.4 Å². The van der Waals surface area contributed by atoms with E-state index in [1.807, 2.05) is 35.2 Å². The highest BCUT2D eigenvalue weighted by Gasteiger charge is 2.31. The Balaban J connectivity index is 1.46. The van der Waals surface area contributed by atoms with E-state index >= 15 is 0 Å². The van der Waals surface area contributed by atoms with Crippen LogP contribution in [0.2, 0.25) is 0 Å². The number of nitrogens with one attached hydrogen (secondary N) is 1. The quantitative estimate of drug-likeness (QED) is 0.847. The molecule has 2 aromatic carbocycles. The molecule has 142 valence electrons. The zero-order valence-corrected chi connectivity index (χ0v) is 15.7. The molecule has 1 fully saturated rings. The molecule has 0 bridgehead atoms. The van der Waals surface area contributed by atoms with Gasteiger partial charge in [-0.1, -0.05) is 31.5 Å². The molecule has 0 saturated carbocycles. The predicted octanol–water partition coefficient (Wildman–Crippen LogP) is 4.78. The highest BCUT2D eigenvalue weighted by Crippen LogP contribution is 2.38. The number of rotatable bonds is 4. The average Bonchev–Trinajstić information content (AvgIpc) is 3.19. The monoisotopic (exact) mass is 366 g/mol. The SMILES string of the molecule is CCCc1ccc(NC(=O)N2CCCC2c2ccc3c(c2)OCCO3)cc1. The second-order valence-electron chi connectivity index (χ2n) is 7.13. The Bertz CT molecular complexity index is 804. The molecular formula is C22H26N2O3. The van der Waals surface area contributed by atoms with E-state index in [0.717, 1.165) is 55.0 Å². The molecule has 1 saturated heterocycles. The number of nitrogens with zero attached hydrogens (tertiary/aromatic N) is 1. The number of carbonyl (C=O) groups excluding carboxylic acids is 1. The zero-order chi connectivity index (χ0) is 18.6. The Morgan fingerprint density at radius 2 is 1.89 bits per heavy atom. The topological polar surface area (TPSA) is 50.8 Å². The molecule has 2 amide bonds. The van der Waals surface area contributed by atoms with Crippen LogP contribution in [0.4, 0.5) is 10.5 Å². The van der Waals surface area contributed by atoms with Gasteiger partial charge in [-0.25, -0.2) is 4.79 Å². The molecule has 27 heavy (non-hydrogen) atoms. The molecule has 0 spiro atoms. The smallest absolute Gasteiger partial charge is 0.322 e. The minimum absolute atomic E-state index is 0.0457. The van der Waals surface area contributed by atoms with Crippen LogP contribution in [-0.4, -0.2) is 30.7 Å². The van der Waals surface area contributed by atoms with E-state index < -0.39 is 0 Å². The largest absolute Gasteiger partial charge is 0.486 e. The lowest BCUT2D eigenvalue weighted by Gasteiger charge is -2.27. The highest BCUT2D eigenvalue weighted by atomic mass is 16.6. The Hall–Kier alpha value is -2.69. The summed E-state index contributed by atoms with van der Waals surface area (Å²) in [5.41, 5.74) is 3.24. The maximum Gasteiger partial charge on any atom is 0.322 e. The summed E-state index contributed by atoms with van der Waals surface area (Å²) < 4.78 is 11.3. The lowest BCUT2D eigenvalue weighted by Crippen LogP contribution is -2.34. The van der Waals surface area contributed by atoms with Gasteiger partial charge in [0.25, 0.3) is 0 Å². The van der Waals surface area contributed by atoms with Crippen LogP contribution in [0.25, 0.3) is 0 Å². The first-order chi connectivity index (χ1) is 13.2. The van der Waals surface area contributed by atoms with Crippen LogP contribution in [0.1, 0.15) is 43.4 Å². The van der Waals surface area contributed by atoms with Gasteiger partial charge in [0, 0.05) is 12.2 Å². The van der Waals surface area contributed by atoms with Crippen LogP contribution in [0, 0.1) is 0 Å². The molecule has 1 atom stereocenters. The van der Waals surface area contributed by atoms with Gasteiger partial charge in [0.2, 0.25) is 0 Å². The van der Waals surface area contributed by atoms with Crippen LogP contribution >= 0.6 is 0 Å². The molecule has 5 nitrogen and oxygen atoms in total.